The zero-order valence-electron chi connectivity index (χ0n) is 13.5. The summed E-state index contributed by atoms with van der Waals surface area (Å²) in [5.74, 6) is 0.403. The van der Waals surface area contributed by atoms with Gasteiger partial charge in [0.15, 0.2) is 5.72 Å². The number of amides is 1. The Morgan fingerprint density at radius 2 is 2.05 bits per heavy atom. The van der Waals surface area contributed by atoms with E-state index in [1.807, 2.05) is 0 Å². The van der Waals surface area contributed by atoms with Crippen molar-refractivity contribution in [1.82, 2.24) is 10.3 Å². The van der Waals surface area contributed by atoms with Crippen LogP contribution >= 0.6 is 0 Å². The second kappa shape index (κ2) is 6.89. The van der Waals surface area contributed by atoms with E-state index in [4.69, 9.17) is 4.74 Å². The summed E-state index contributed by atoms with van der Waals surface area (Å²) >= 11 is 0. The molecule has 0 aliphatic rings. The van der Waals surface area contributed by atoms with Gasteiger partial charge < -0.3 is 9.84 Å². The number of aromatic nitrogens is 1. The maximum Gasteiger partial charge on any atom is 0.410 e. The molecule has 0 fully saturated rings. The van der Waals surface area contributed by atoms with Crippen LogP contribution < -0.4 is 5.32 Å². The minimum Gasteiger partial charge on any atom is -0.444 e. The van der Waals surface area contributed by atoms with Crippen LogP contribution in [0, 0.1) is 5.92 Å². The Morgan fingerprint density at radius 1 is 1.38 bits per heavy atom. The van der Waals surface area contributed by atoms with Crippen molar-refractivity contribution >= 4 is 6.09 Å². The molecule has 0 spiro atoms. The lowest BCUT2D eigenvalue weighted by Crippen LogP contribution is -2.48. The highest BCUT2D eigenvalue weighted by Crippen LogP contribution is 2.24. The van der Waals surface area contributed by atoms with Gasteiger partial charge in [-0.1, -0.05) is 19.9 Å². The van der Waals surface area contributed by atoms with Crippen molar-refractivity contribution in [1.29, 1.82) is 0 Å². The molecule has 2 N–H and O–H groups in total. The van der Waals surface area contributed by atoms with Crippen molar-refractivity contribution < 1.29 is 14.6 Å². The van der Waals surface area contributed by atoms with Gasteiger partial charge in [0.05, 0.1) is 5.69 Å². The third-order valence-electron chi connectivity index (χ3n) is 2.88. The van der Waals surface area contributed by atoms with Crippen LogP contribution in [0.3, 0.4) is 0 Å². The van der Waals surface area contributed by atoms with E-state index in [1.54, 1.807) is 45.2 Å². The number of ether oxygens (including phenoxy) is 1. The first-order valence-electron chi connectivity index (χ1n) is 7.27. The fourth-order valence-electron chi connectivity index (χ4n) is 1.83. The number of alkyl carbamates (subject to hydrolysis) is 1. The van der Waals surface area contributed by atoms with Gasteiger partial charge in [-0.2, -0.15) is 0 Å². The highest BCUT2D eigenvalue weighted by molar-refractivity contribution is 5.68. The zero-order valence-corrected chi connectivity index (χ0v) is 13.5. The lowest BCUT2D eigenvalue weighted by Gasteiger charge is -2.30. The molecule has 5 nitrogen and oxygen atoms in total. The molecular weight excluding hydrogens is 268 g/mol. The quantitative estimate of drug-likeness (QED) is 0.818. The molecule has 5 heteroatoms. The monoisotopic (exact) mass is 294 g/mol. The summed E-state index contributed by atoms with van der Waals surface area (Å²) in [5.41, 5.74) is -1.72. The topological polar surface area (TPSA) is 71.5 Å². The molecule has 1 aromatic heterocycles. The Hall–Kier alpha value is -1.62. The summed E-state index contributed by atoms with van der Waals surface area (Å²) in [6.07, 6.45) is 2.07. The molecular formula is C16H26N2O3. The predicted octanol–water partition coefficient (Wildman–Crippen LogP) is 3.19. The van der Waals surface area contributed by atoms with E-state index in [9.17, 15) is 9.90 Å². The molecule has 1 heterocycles. The largest absolute Gasteiger partial charge is 0.444 e. The summed E-state index contributed by atoms with van der Waals surface area (Å²) < 4.78 is 5.22. The normalized spacial score (nSPS) is 14.6. The second-order valence-electron chi connectivity index (χ2n) is 6.63. The number of carbonyl (C=O) groups excluding carboxylic acids is 1. The average Bonchev–Trinajstić information content (AvgIpc) is 2.35. The summed E-state index contributed by atoms with van der Waals surface area (Å²) in [6, 6.07) is 5.23. The minimum atomic E-state index is -1.52. The number of rotatable bonds is 5. The lowest BCUT2D eigenvalue weighted by atomic mass is 9.97. The van der Waals surface area contributed by atoms with Crippen molar-refractivity contribution in [2.24, 2.45) is 5.92 Å². The molecule has 118 valence electrons. The molecule has 0 unspecified atom stereocenters. The van der Waals surface area contributed by atoms with Crippen LogP contribution in [-0.4, -0.2) is 21.8 Å². The van der Waals surface area contributed by atoms with E-state index >= 15 is 0 Å². The molecule has 0 aliphatic heterocycles. The van der Waals surface area contributed by atoms with E-state index in [0.29, 0.717) is 18.0 Å². The van der Waals surface area contributed by atoms with Crippen molar-refractivity contribution in [2.45, 2.75) is 58.8 Å². The van der Waals surface area contributed by atoms with Gasteiger partial charge in [0.2, 0.25) is 0 Å². The van der Waals surface area contributed by atoms with Gasteiger partial charge in [0.1, 0.15) is 5.60 Å². The Balaban J connectivity index is 2.89. The molecule has 1 rings (SSSR count). The molecule has 21 heavy (non-hydrogen) atoms. The van der Waals surface area contributed by atoms with E-state index in [2.05, 4.69) is 24.1 Å². The van der Waals surface area contributed by atoms with Crippen LogP contribution in [-0.2, 0) is 10.5 Å². The number of nitrogens with zero attached hydrogens (tertiary/aromatic N) is 1. The van der Waals surface area contributed by atoms with Gasteiger partial charge in [-0.15, -0.1) is 0 Å². The fourth-order valence-corrected chi connectivity index (χ4v) is 1.83. The molecule has 1 amide bonds. The summed E-state index contributed by atoms with van der Waals surface area (Å²) in [5, 5.41) is 13.4. The van der Waals surface area contributed by atoms with Crippen LogP contribution in [0.1, 0.15) is 53.2 Å². The fraction of sp³-hybridized carbons (Fsp3) is 0.625. The summed E-state index contributed by atoms with van der Waals surface area (Å²) in [4.78, 5) is 16.1. The Bertz CT molecular complexity index is 454. The average molecular weight is 294 g/mol. The zero-order chi connectivity index (χ0) is 16.1. The maximum atomic E-state index is 12.0. The first kappa shape index (κ1) is 17.4. The first-order valence-corrected chi connectivity index (χ1v) is 7.27. The van der Waals surface area contributed by atoms with E-state index in [-0.39, 0.29) is 0 Å². The van der Waals surface area contributed by atoms with E-state index in [1.165, 1.54) is 0 Å². The SMILES string of the molecule is CC(C)CC[C@@](O)(NC(=O)OC(C)(C)C)c1ccccn1. The molecule has 0 saturated carbocycles. The van der Waals surface area contributed by atoms with Crippen LogP contribution in [0.2, 0.25) is 0 Å². The smallest absolute Gasteiger partial charge is 0.410 e. The molecule has 0 bridgehead atoms. The number of aliphatic hydroxyl groups is 1. The first-order chi connectivity index (χ1) is 9.62. The highest BCUT2D eigenvalue weighted by Gasteiger charge is 2.34. The van der Waals surface area contributed by atoms with Crippen molar-refractivity contribution in [3.8, 4) is 0 Å². The van der Waals surface area contributed by atoms with Gasteiger partial charge in [-0.3, -0.25) is 10.3 Å². The Labute approximate surface area is 126 Å². The number of nitrogens with one attached hydrogen (secondary N) is 1. The number of carbonyl (C=O) groups is 1. The van der Waals surface area contributed by atoms with Gasteiger partial charge in [0.25, 0.3) is 0 Å². The minimum absolute atomic E-state index is 0.376. The third-order valence-corrected chi connectivity index (χ3v) is 2.88. The van der Waals surface area contributed by atoms with Crippen LogP contribution in [0.25, 0.3) is 0 Å². The number of hydrogen-bond acceptors (Lipinski definition) is 4. The highest BCUT2D eigenvalue weighted by atomic mass is 16.6. The van der Waals surface area contributed by atoms with Crippen molar-refractivity contribution in [3.63, 3.8) is 0 Å². The standard InChI is InChI=1S/C16H26N2O3/c1-12(2)9-10-16(20,13-8-6-7-11-17-13)18-14(19)21-15(3,4)5/h6-8,11-12,20H,9-10H2,1-5H3,(H,18,19)/t16-/m0/s1. The molecule has 0 aromatic carbocycles. The van der Waals surface area contributed by atoms with E-state index < -0.39 is 17.4 Å². The van der Waals surface area contributed by atoms with E-state index in [0.717, 1.165) is 6.42 Å². The molecule has 0 saturated heterocycles. The maximum absolute atomic E-state index is 12.0. The van der Waals surface area contributed by atoms with Crippen LogP contribution in [0.4, 0.5) is 4.79 Å². The number of pyridine rings is 1. The molecule has 1 aromatic rings. The van der Waals surface area contributed by atoms with Crippen molar-refractivity contribution in [3.05, 3.63) is 30.1 Å². The number of hydrogen-bond donors (Lipinski definition) is 2. The molecule has 0 radical (unpaired) electrons. The van der Waals surface area contributed by atoms with Gasteiger partial charge in [0, 0.05) is 12.6 Å². The van der Waals surface area contributed by atoms with Gasteiger partial charge >= 0.3 is 6.09 Å². The second-order valence-corrected chi connectivity index (χ2v) is 6.63. The van der Waals surface area contributed by atoms with Gasteiger partial charge in [-0.25, -0.2) is 4.79 Å². The van der Waals surface area contributed by atoms with Crippen molar-refractivity contribution in [2.75, 3.05) is 0 Å². The lowest BCUT2D eigenvalue weighted by molar-refractivity contribution is -0.0294. The Kier molecular flexibility index (Phi) is 5.72. The molecule has 0 aliphatic carbocycles. The Morgan fingerprint density at radius 3 is 2.52 bits per heavy atom. The summed E-state index contributed by atoms with van der Waals surface area (Å²) in [7, 11) is 0. The third kappa shape index (κ3) is 6.12. The molecule has 1 atom stereocenters. The summed E-state index contributed by atoms with van der Waals surface area (Å²) in [6.45, 7) is 9.46. The van der Waals surface area contributed by atoms with Crippen LogP contribution in [0.5, 0.6) is 0 Å². The van der Waals surface area contributed by atoms with Gasteiger partial charge in [-0.05, 0) is 45.2 Å². The van der Waals surface area contributed by atoms with Crippen LogP contribution in [0.15, 0.2) is 24.4 Å². The predicted molar refractivity (Wildman–Crippen MR) is 81.6 cm³/mol.